The van der Waals surface area contributed by atoms with Crippen LogP contribution in [0, 0.1) is 3.57 Å². The first-order valence-corrected chi connectivity index (χ1v) is 8.49. The molecule has 0 fully saturated rings. The Morgan fingerprint density at radius 2 is 1.71 bits per heavy atom. The Morgan fingerprint density at radius 1 is 1.05 bits per heavy atom. The minimum atomic E-state index is 0.0229. The van der Waals surface area contributed by atoms with E-state index in [9.17, 15) is 0 Å². The maximum Gasteiger partial charge on any atom is 0.119 e. The molecule has 0 amide bonds. The van der Waals surface area contributed by atoms with Crippen LogP contribution in [-0.4, -0.2) is 6.61 Å². The summed E-state index contributed by atoms with van der Waals surface area (Å²) < 4.78 is 6.92. The summed E-state index contributed by atoms with van der Waals surface area (Å²) in [6.07, 6.45) is 3.10. The first kappa shape index (κ1) is 16.3. The van der Waals surface area contributed by atoms with Gasteiger partial charge in [-0.1, -0.05) is 37.6 Å². The zero-order valence-electron chi connectivity index (χ0n) is 12.4. The molecule has 1 unspecified atom stereocenters. The monoisotopic (exact) mass is 395 g/mol. The molecule has 21 heavy (non-hydrogen) atoms. The van der Waals surface area contributed by atoms with Gasteiger partial charge in [-0.25, -0.2) is 0 Å². The van der Waals surface area contributed by atoms with Crippen molar-refractivity contribution >= 4 is 22.6 Å². The minimum Gasteiger partial charge on any atom is -0.494 e. The number of hydrogen-bond donors (Lipinski definition) is 1. The molecule has 0 radical (unpaired) electrons. The highest BCUT2D eigenvalue weighted by Gasteiger charge is 2.07. The Hall–Kier alpha value is -1.07. The minimum absolute atomic E-state index is 0.0229. The summed E-state index contributed by atoms with van der Waals surface area (Å²) in [5.74, 6) is 0.925. The molecule has 0 aliphatic carbocycles. The highest BCUT2D eigenvalue weighted by atomic mass is 127. The van der Waals surface area contributed by atoms with Crippen molar-refractivity contribution in [2.45, 2.75) is 32.2 Å². The van der Waals surface area contributed by atoms with Crippen LogP contribution < -0.4 is 10.5 Å². The van der Waals surface area contributed by atoms with Crippen LogP contribution in [0.3, 0.4) is 0 Å². The summed E-state index contributed by atoms with van der Waals surface area (Å²) in [5, 5.41) is 0. The summed E-state index contributed by atoms with van der Waals surface area (Å²) in [4.78, 5) is 0. The van der Waals surface area contributed by atoms with E-state index in [4.69, 9.17) is 10.5 Å². The van der Waals surface area contributed by atoms with Crippen LogP contribution in [0.15, 0.2) is 48.5 Å². The Balaban J connectivity index is 1.93. The number of nitrogens with two attached hydrogens (primary N) is 1. The lowest BCUT2D eigenvalue weighted by Gasteiger charge is -2.13. The van der Waals surface area contributed by atoms with Crippen LogP contribution in [0.25, 0.3) is 0 Å². The third-order valence-corrected chi connectivity index (χ3v) is 4.16. The number of hydrogen-bond acceptors (Lipinski definition) is 2. The van der Waals surface area contributed by atoms with E-state index in [1.54, 1.807) is 0 Å². The molecule has 112 valence electrons. The van der Waals surface area contributed by atoms with Crippen molar-refractivity contribution < 1.29 is 4.74 Å². The smallest absolute Gasteiger partial charge is 0.119 e. The van der Waals surface area contributed by atoms with Crippen molar-refractivity contribution in [3.05, 3.63) is 63.2 Å². The van der Waals surface area contributed by atoms with Gasteiger partial charge in [0.1, 0.15) is 5.75 Å². The Bertz CT molecular complexity index is 536. The normalized spacial score (nSPS) is 12.1. The zero-order valence-corrected chi connectivity index (χ0v) is 14.5. The largest absolute Gasteiger partial charge is 0.494 e. The average molecular weight is 395 g/mol. The molecule has 2 nitrogen and oxygen atoms in total. The van der Waals surface area contributed by atoms with Crippen LogP contribution in [0.4, 0.5) is 0 Å². The van der Waals surface area contributed by atoms with Crippen molar-refractivity contribution in [2.24, 2.45) is 5.73 Å². The van der Waals surface area contributed by atoms with Crippen molar-refractivity contribution in [1.82, 2.24) is 0 Å². The van der Waals surface area contributed by atoms with Gasteiger partial charge in [0.2, 0.25) is 0 Å². The lowest BCUT2D eigenvalue weighted by atomic mass is 10.00. The average Bonchev–Trinajstić information content (AvgIpc) is 2.50. The van der Waals surface area contributed by atoms with Gasteiger partial charge in [-0.3, -0.25) is 0 Å². The Kier molecular flexibility index (Phi) is 6.51. The Morgan fingerprint density at radius 3 is 2.33 bits per heavy atom. The molecular weight excluding hydrogens is 373 g/mol. The van der Waals surface area contributed by atoms with Gasteiger partial charge >= 0.3 is 0 Å². The van der Waals surface area contributed by atoms with E-state index in [0.29, 0.717) is 0 Å². The second-order valence-corrected chi connectivity index (χ2v) is 6.45. The quantitative estimate of drug-likeness (QED) is 0.544. The maximum absolute atomic E-state index is 6.29. The van der Waals surface area contributed by atoms with Gasteiger partial charge in [-0.05, 0) is 70.8 Å². The van der Waals surface area contributed by atoms with E-state index in [1.807, 2.05) is 12.1 Å². The zero-order chi connectivity index (χ0) is 15.1. The van der Waals surface area contributed by atoms with Gasteiger partial charge in [-0.15, -0.1) is 0 Å². The van der Waals surface area contributed by atoms with Gasteiger partial charge in [0.05, 0.1) is 6.61 Å². The third kappa shape index (κ3) is 5.32. The molecular formula is C18H22INO. The van der Waals surface area contributed by atoms with Crippen molar-refractivity contribution in [3.63, 3.8) is 0 Å². The van der Waals surface area contributed by atoms with Gasteiger partial charge < -0.3 is 10.5 Å². The number of halogens is 1. The molecule has 0 bridgehead atoms. The third-order valence-electron chi connectivity index (χ3n) is 3.44. The molecule has 0 saturated carbocycles. The number of benzene rings is 2. The highest BCUT2D eigenvalue weighted by molar-refractivity contribution is 14.1. The number of ether oxygens (including phenoxy) is 1. The molecule has 0 spiro atoms. The van der Waals surface area contributed by atoms with Gasteiger partial charge in [0.25, 0.3) is 0 Å². The molecule has 3 heteroatoms. The molecule has 2 aromatic rings. The van der Waals surface area contributed by atoms with Gasteiger partial charge in [-0.2, -0.15) is 0 Å². The maximum atomic E-state index is 6.29. The van der Waals surface area contributed by atoms with Crippen molar-refractivity contribution in [1.29, 1.82) is 0 Å². The van der Waals surface area contributed by atoms with E-state index < -0.39 is 0 Å². The number of unbranched alkanes of at least 4 members (excludes halogenated alkanes) is 1. The Labute approximate surface area is 140 Å². The fourth-order valence-corrected chi connectivity index (χ4v) is 2.50. The summed E-state index contributed by atoms with van der Waals surface area (Å²) >= 11 is 2.31. The topological polar surface area (TPSA) is 35.2 Å². The first-order valence-electron chi connectivity index (χ1n) is 7.42. The van der Waals surface area contributed by atoms with Gasteiger partial charge in [0, 0.05) is 9.61 Å². The second kappa shape index (κ2) is 8.39. The molecule has 2 N–H and O–H groups in total. The standard InChI is InChI=1S/C18H22INO/c1-2-3-12-21-17-10-6-15(7-11-17)18(20)13-14-4-8-16(19)9-5-14/h4-11,18H,2-3,12-13,20H2,1H3. The fraction of sp³-hybridized carbons (Fsp3) is 0.333. The van der Waals surface area contributed by atoms with Crippen LogP contribution in [-0.2, 0) is 6.42 Å². The summed E-state index contributed by atoms with van der Waals surface area (Å²) in [6.45, 7) is 2.95. The van der Waals surface area contributed by atoms with Crippen LogP contribution >= 0.6 is 22.6 Å². The SMILES string of the molecule is CCCCOc1ccc(C(N)Cc2ccc(I)cc2)cc1. The second-order valence-electron chi connectivity index (χ2n) is 5.21. The first-order chi connectivity index (χ1) is 10.2. The molecule has 2 rings (SSSR count). The lowest BCUT2D eigenvalue weighted by Crippen LogP contribution is -2.13. The van der Waals surface area contributed by atoms with Gasteiger partial charge in [0.15, 0.2) is 0 Å². The number of rotatable bonds is 7. The molecule has 0 heterocycles. The highest BCUT2D eigenvalue weighted by Crippen LogP contribution is 2.20. The van der Waals surface area contributed by atoms with E-state index in [2.05, 4.69) is 65.9 Å². The van der Waals surface area contributed by atoms with Crippen molar-refractivity contribution in [3.8, 4) is 5.75 Å². The summed E-state index contributed by atoms with van der Waals surface area (Å²) in [6, 6.07) is 16.7. The van der Waals surface area contributed by atoms with E-state index in [-0.39, 0.29) is 6.04 Å². The predicted molar refractivity (Wildman–Crippen MR) is 96.6 cm³/mol. The van der Waals surface area contributed by atoms with Crippen LogP contribution in [0.5, 0.6) is 5.75 Å². The van der Waals surface area contributed by atoms with Crippen LogP contribution in [0.1, 0.15) is 36.9 Å². The molecule has 0 aliphatic heterocycles. The molecule has 0 saturated heterocycles. The molecule has 0 aliphatic rings. The molecule has 2 aromatic carbocycles. The van der Waals surface area contributed by atoms with E-state index in [1.165, 1.54) is 9.13 Å². The van der Waals surface area contributed by atoms with E-state index in [0.717, 1.165) is 37.2 Å². The fourth-order valence-electron chi connectivity index (χ4n) is 2.14. The lowest BCUT2D eigenvalue weighted by molar-refractivity contribution is 0.309. The molecule has 1 atom stereocenters. The molecule has 0 aromatic heterocycles. The predicted octanol–water partition coefficient (Wildman–Crippen LogP) is 4.71. The van der Waals surface area contributed by atoms with E-state index >= 15 is 0 Å². The summed E-state index contributed by atoms with van der Waals surface area (Å²) in [5.41, 5.74) is 8.71. The van der Waals surface area contributed by atoms with Crippen molar-refractivity contribution in [2.75, 3.05) is 6.61 Å². The summed E-state index contributed by atoms with van der Waals surface area (Å²) in [7, 11) is 0. The van der Waals surface area contributed by atoms with Crippen LogP contribution in [0.2, 0.25) is 0 Å².